The molecule has 15 heteroatoms. The molecule has 0 aliphatic carbocycles. The molecular formula is C16H24N4O11. The van der Waals surface area contributed by atoms with Crippen LogP contribution in [-0.2, 0) is 33.6 Å². The maximum absolute atomic E-state index is 12.3. The van der Waals surface area contributed by atoms with E-state index in [2.05, 4.69) is 10.6 Å². The Bertz CT molecular complexity index is 739. The average Bonchev–Trinajstić information content (AvgIpc) is 2.62. The molecule has 0 aromatic heterocycles. The molecule has 31 heavy (non-hydrogen) atoms. The van der Waals surface area contributed by atoms with Crippen LogP contribution in [-0.4, -0.2) is 86.2 Å². The van der Waals surface area contributed by atoms with Gasteiger partial charge in [0.15, 0.2) is 0 Å². The molecule has 0 bridgehead atoms. The Kier molecular flexibility index (Phi) is 11.2. The van der Waals surface area contributed by atoms with E-state index in [9.17, 15) is 33.6 Å². The first-order valence-corrected chi connectivity index (χ1v) is 8.79. The van der Waals surface area contributed by atoms with E-state index < -0.39 is 91.4 Å². The summed E-state index contributed by atoms with van der Waals surface area (Å²) >= 11 is 0. The normalized spacial score (nSPS) is 14.3. The number of rotatable bonds is 14. The molecule has 0 aliphatic rings. The van der Waals surface area contributed by atoms with E-state index in [1.807, 2.05) is 5.32 Å². The van der Waals surface area contributed by atoms with Gasteiger partial charge in [-0.15, -0.1) is 0 Å². The molecule has 0 aliphatic heterocycles. The minimum atomic E-state index is -1.83. The van der Waals surface area contributed by atoms with Crippen LogP contribution in [0.15, 0.2) is 0 Å². The molecule has 0 heterocycles. The van der Waals surface area contributed by atoms with Crippen molar-refractivity contribution in [2.24, 2.45) is 5.73 Å². The number of hydrogen-bond acceptors (Lipinski definition) is 8. The summed E-state index contributed by atoms with van der Waals surface area (Å²) in [7, 11) is 0. The summed E-state index contributed by atoms with van der Waals surface area (Å²) < 4.78 is 0. The summed E-state index contributed by atoms with van der Waals surface area (Å²) in [5.74, 6) is -8.95. The lowest BCUT2D eigenvalue weighted by Crippen LogP contribution is -2.56. The number of carboxylic acid groups (broad SMARTS) is 4. The number of nitrogens with two attached hydrogens (primary N) is 1. The van der Waals surface area contributed by atoms with Gasteiger partial charge in [0.25, 0.3) is 0 Å². The number of nitrogens with one attached hydrogen (secondary N) is 3. The van der Waals surface area contributed by atoms with E-state index in [1.165, 1.54) is 6.92 Å². The van der Waals surface area contributed by atoms with Gasteiger partial charge in [-0.25, -0.2) is 4.79 Å². The highest BCUT2D eigenvalue weighted by Gasteiger charge is 2.30. The third-order valence-electron chi connectivity index (χ3n) is 3.76. The second-order valence-corrected chi connectivity index (χ2v) is 6.43. The number of carbonyl (C=O) groups excluding carboxylic acids is 3. The van der Waals surface area contributed by atoms with Gasteiger partial charge in [-0.3, -0.25) is 28.8 Å². The second kappa shape index (κ2) is 12.7. The Morgan fingerprint density at radius 2 is 1.23 bits per heavy atom. The van der Waals surface area contributed by atoms with Crippen LogP contribution in [0.2, 0.25) is 0 Å². The van der Waals surface area contributed by atoms with Gasteiger partial charge < -0.3 is 42.1 Å². The van der Waals surface area contributed by atoms with E-state index in [-0.39, 0.29) is 0 Å². The average molecular weight is 448 g/mol. The van der Waals surface area contributed by atoms with E-state index in [4.69, 9.17) is 26.2 Å². The Morgan fingerprint density at radius 1 is 0.710 bits per heavy atom. The number of hydrogen-bond donors (Lipinski definition) is 8. The Morgan fingerprint density at radius 3 is 1.68 bits per heavy atom. The molecule has 0 saturated heterocycles. The van der Waals surface area contributed by atoms with Crippen molar-refractivity contribution in [1.82, 2.24) is 16.0 Å². The number of amides is 3. The van der Waals surface area contributed by atoms with Crippen molar-refractivity contribution in [2.45, 2.75) is 56.8 Å². The summed E-state index contributed by atoms with van der Waals surface area (Å²) in [6.07, 6.45) is -2.73. The van der Waals surface area contributed by atoms with Crippen LogP contribution in [0.5, 0.6) is 0 Å². The predicted octanol–water partition coefficient (Wildman–Crippen LogP) is -3.31. The summed E-state index contributed by atoms with van der Waals surface area (Å²) in [6, 6.07) is -6.17. The monoisotopic (exact) mass is 448 g/mol. The van der Waals surface area contributed by atoms with Crippen LogP contribution in [0.3, 0.4) is 0 Å². The Balaban J connectivity index is 5.21. The summed E-state index contributed by atoms with van der Waals surface area (Å²) in [5.41, 5.74) is 5.36. The predicted molar refractivity (Wildman–Crippen MR) is 98.5 cm³/mol. The van der Waals surface area contributed by atoms with Gasteiger partial charge in [-0.05, 0) is 13.3 Å². The van der Waals surface area contributed by atoms with Crippen LogP contribution in [0.4, 0.5) is 0 Å². The third kappa shape index (κ3) is 11.1. The maximum Gasteiger partial charge on any atom is 0.326 e. The molecule has 0 fully saturated rings. The molecule has 15 nitrogen and oxygen atoms in total. The molecule has 0 rings (SSSR count). The van der Waals surface area contributed by atoms with Crippen molar-refractivity contribution in [1.29, 1.82) is 0 Å². The number of carbonyl (C=O) groups is 7. The zero-order valence-electron chi connectivity index (χ0n) is 16.4. The van der Waals surface area contributed by atoms with Crippen molar-refractivity contribution >= 4 is 41.6 Å². The lowest BCUT2D eigenvalue weighted by atomic mass is 10.1. The van der Waals surface area contributed by atoms with Crippen molar-refractivity contribution in [3.05, 3.63) is 0 Å². The van der Waals surface area contributed by atoms with Gasteiger partial charge in [0, 0.05) is 6.42 Å². The highest BCUT2D eigenvalue weighted by molar-refractivity contribution is 5.95. The molecule has 9 N–H and O–H groups in total. The highest BCUT2D eigenvalue weighted by atomic mass is 16.4. The molecular weight excluding hydrogens is 424 g/mol. The van der Waals surface area contributed by atoms with Crippen molar-refractivity contribution < 1.29 is 54.0 Å². The van der Waals surface area contributed by atoms with E-state index >= 15 is 0 Å². The minimum Gasteiger partial charge on any atom is -0.481 e. The smallest absolute Gasteiger partial charge is 0.326 e. The summed E-state index contributed by atoms with van der Waals surface area (Å²) in [5, 5.41) is 41.3. The van der Waals surface area contributed by atoms with E-state index in [1.54, 1.807) is 0 Å². The molecule has 0 saturated carbocycles. The van der Waals surface area contributed by atoms with Crippen LogP contribution in [0, 0.1) is 0 Å². The van der Waals surface area contributed by atoms with Gasteiger partial charge in [0.2, 0.25) is 17.7 Å². The van der Waals surface area contributed by atoms with Gasteiger partial charge in [-0.2, -0.15) is 0 Å². The van der Waals surface area contributed by atoms with Crippen molar-refractivity contribution in [3.8, 4) is 0 Å². The molecule has 4 atom stereocenters. The Labute approximate surface area is 175 Å². The van der Waals surface area contributed by atoms with Gasteiger partial charge in [0.05, 0.1) is 18.9 Å². The standard InChI is InChI=1S/C16H24N4O11/c1-6(18-14(28)7(17)4-11(23)24)13(27)19-8(2-3-10(21)22)15(29)20-9(16(30)31)5-12(25)26/h6-9H,2-5,17H2,1H3,(H,18,28)(H,19,27)(H,20,29)(H,21,22)(H,23,24)(H,25,26)(H,30,31). The van der Waals surface area contributed by atoms with Crippen molar-refractivity contribution in [2.75, 3.05) is 0 Å². The van der Waals surface area contributed by atoms with Gasteiger partial charge >= 0.3 is 23.9 Å². The maximum atomic E-state index is 12.3. The Hall–Kier alpha value is -3.75. The first-order chi connectivity index (χ1) is 14.2. The minimum absolute atomic E-state index is 0.467. The quantitative estimate of drug-likeness (QED) is 0.130. The molecule has 0 spiro atoms. The van der Waals surface area contributed by atoms with Crippen molar-refractivity contribution in [3.63, 3.8) is 0 Å². The van der Waals surface area contributed by atoms with Crippen LogP contribution in [0.25, 0.3) is 0 Å². The molecule has 0 aromatic carbocycles. The fraction of sp³-hybridized carbons (Fsp3) is 0.562. The topological polar surface area (TPSA) is 263 Å². The molecule has 3 amide bonds. The first-order valence-electron chi connectivity index (χ1n) is 8.79. The molecule has 4 unspecified atom stereocenters. The zero-order valence-corrected chi connectivity index (χ0v) is 16.4. The fourth-order valence-corrected chi connectivity index (χ4v) is 2.15. The third-order valence-corrected chi connectivity index (χ3v) is 3.76. The second-order valence-electron chi connectivity index (χ2n) is 6.43. The first kappa shape index (κ1) is 27.2. The van der Waals surface area contributed by atoms with Crippen LogP contribution in [0.1, 0.15) is 32.6 Å². The lowest BCUT2D eigenvalue weighted by molar-refractivity contribution is -0.147. The van der Waals surface area contributed by atoms with Crippen LogP contribution >= 0.6 is 0 Å². The van der Waals surface area contributed by atoms with Gasteiger partial charge in [0.1, 0.15) is 18.1 Å². The zero-order chi connectivity index (χ0) is 24.3. The SMILES string of the molecule is CC(NC(=O)C(N)CC(=O)O)C(=O)NC(CCC(=O)O)C(=O)NC(CC(=O)O)C(=O)O. The fourth-order valence-electron chi connectivity index (χ4n) is 2.15. The largest absolute Gasteiger partial charge is 0.481 e. The van der Waals surface area contributed by atoms with E-state index in [0.717, 1.165) is 0 Å². The summed E-state index contributed by atoms with van der Waals surface area (Å²) in [6.45, 7) is 1.18. The van der Waals surface area contributed by atoms with Crippen LogP contribution < -0.4 is 21.7 Å². The molecule has 0 aromatic rings. The highest BCUT2D eigenvalue weighted by Crippen LogP contribution is 2.02. The summed E-state index contributed by atoms with van der Waals surface area (Å²) in [4.78, 5) is 79.6. The van der Waals surface area contributed by atoms with E-state index in [0.29, 0.717) is 0 Å². The number of aliphatic carboxylic acids is 4. The molecule has 0 radical (unpaired) electrons. The number of carboxylic acids is 4. The lowest BCUT2D eigenvalue weighted by Gasteiger charge is -2.23. The molecule has 174 valence electrons. The van der Waals surface area contributed by atoms with Gasteiger partial charge in [-0.1, -0.05) is 0 Å².